The molecule has 0 saturated carbocycles. The van der Waals surface area contributed by atoms with Crippen LogP contribution in [0.3, 0.4) is 0 Å². The molecule has 6 heteroatoms. The molecule has 0 fully saturated rings. The number of amides is 2. The van der Waals surface area contributed by atoms with Crippen LogP contribution in [0.15, 0.2) is 18.2 Å². The van der Waals surface area contributed by atoms with Gasteiger partial charge in [-0.15, -0.1) is 0 Å². The Bertz CT molecular complexity index is 456. The van der Waals surface area contributed by atoms with E-state index in [-0.39, 0.29) is 12.6 Å². The summed E-state index contributed by atoms with van der Waals surface area (Å²) in [6, 6.07) is 4.91. The van der Waals surface area contributed by atoms with Gasteiger partial charge in [0.1, 0.15) is 0 Å². The molecule has 0 unspecified atom stereocenters. The minimum atomic E-state index is -0.601. The molecule has 1 aromatic rings. The molecule has 0 aliphatic rings. The first kappa shape index (κ1) is 16.5. The van der Waals surface area contributed by atoms with Crippen molar-refractivity contribution < 1.29 is 9.90 Å². The normalized spacial score (nSPS) is 13.7. The fourth-order valence-corrected chi connectivity index (χ4v) is 2.76. The largest absolute Gasteiger partial charge is 0.394 e. The van der Waals surface area contributed by atoms with Crippen molar-refractivity contribution in [1.29, 1.82) is 0 Å². The number of carbonyl (C=O) groups excluding carboxylic acids is 1. The Morgan fingerprint density at radius 2 is 2.21 bits per heavy atom. The molecule has 0 aliphatic carbocycles. The smallest absolute Gasteiger partial charge is 0.319 e. The van der Waals surface area contributed by atoms with Gasteiger partial charge in [0.2, 0.25) is 0 Å². The molecule has 0 aliphatic heterocycles. The van der Waals surface area contributed by atoms with E-state index in [1.807, 2.05) is 13.8 Å². The molecule has 4 nitrogen and oxygen atoms in total. The van der Waals surface area contributed by atoms with Gasteiger partial charge in [-0.05, 0) is 54.1 Å². The average molecular weight is 397 g/mol. The lowest BCUT2D eigenvalue weighted by molar-refractivity contribution is 0.167. The Kier molecular flexibility index (Phi) is 6.35. The van der Waals surface area contributed by atoms with Crippen molar-refractivity contribution in [2.75, 3.05) is 11.9 Å². The summed E-state index contributed by atoms with van der Waals surface area (Å²) in [4.78, 5) is 11.9. The fourth-order valence-electron chi connectivity index (χ4n) is 1.75. The monoisotopic (exact) mass is 396 g/mol. The van der Waals surface area contributed by atoms with E-state index < -0.39 is 5.54 Å². The molecular formula is C13H18ClIN2O2. The van der Waals surface area contributed by atoms with Crippen LogP contribution in [0.25, 0.3) is 0 Å². The summed E-state index contributed by atoms with van der Waals surface area (Å²) in [5.41, 5.74) is 0.0933. The number of nitrogens with one attached hydrogen (secondary N) is 2. The summed E-state index contributed by atoms with van der Waals surface area (Å²) in [5, 5.41) is 15.5. The van der Waals surface area contributed by atoms with Gasteiger partial charge in [-0.2, -0.15) is 0 Å². The SMILES string of the molecule is CCC[C@@](C)(CO)NC(=O)Nc1ccc(Cl)cc1I. The molecule has 1 rings (SSSR count). The van der Waals surface area contributed by atoms with Crippen LogP contribution < -0.4 is 10.6 Å². The topological polar surface area (TPSA) is 61.4 Å². The van der Waals surface area contributed by atoms with Gasteiger partial charge in [-0.25, -0.2) is 4.79 Å². The van der Waals surface area contributed by atoms with Crippen molar-refractivity contribution in [1.82, 2.24) is 5.32 Å². The molecule has 3 N–H and O–H groups in total. The van der Waals surface area contributed by atoms with Gasteiger partial charge in [-0.1, -0.05) is 24.9 Å². The molecular weight excluding hydrogens is 379 g/mol. The van der Waals surface area contributed by atoms with Gasteiger partial charge in [0.15, 0.2) is 0 Å². The average Bonchev–Trinajstić information content (AvgIpc) is 2.33. The molecule has 0 aromatic heterocycles. The highest BCUT2D eigenvalue weighted by Gasteiger charge is 2.24. The molecule has 1 aromatic carbocycles. The van der Waals surface area contributed by atoms with Crippen molar-refractivity contribution in [2.45, 2.75) is 32.2 Å². The van der Waals surface area contributed by atoms with E-state index >= 15 is 0 Å². The Balaban J connectivity index is 2.69. The molecule has 2 amide bonds. The summed E-state index contributed by atoms with van der Waals surface area (Å²) in [6.07, 6.45) is 1.60. The number of hydrogen-bond donors (Lipinski definition) is 3. The minimum Gasteiger partial charge on any atom is -0.394 e. The third kappa shape index (κ3) is 5.16. The van der Waals surface area contributed by atoms with Crippen LogP contribution in [0.5, 0.6) is 0 Å². The number of carbonyl (C=O) groups is 1. The summed E-state index contributed by atoms with van der Waals surface area (Å²) >= 11 is 7.96. The highest BCUT2D eigenvalue weighted by atomic mass is 127. The van der Waals surface area contributed by atoms with E-state index in [9.17, 15) is 9.90 Å². The van der Waals surface area contributed by atoms with Gasteiger partial charge in [-0.3, -0.25) is 0 Å². The lowest BCUT2D eigenvalue weighted by Crippen LogP contribution is -2.50. The second-order valence-corrected chi connectivity index (χ2v) is 6.27. The Morgan fingerprint density at radius 3 is 2.74 bits per heavy atom. The summed E-state index contributed by atoms with van der Waals surface area (Å²) in [6.45, 7) is 3.74. The van der Waals surface area contributed by atoms with Crippen LogP contribution >= 0.6 is 34.2 Å². The van der Waals surface area contributed by atoms with Gasteiger partial charge < -0.3 is 15.7 Å². The zero-order valence-electron chi connectivity index (χ0n) is 11.0. The van der Waals surface area contributed by atoms with Crippen molar-refractivity contribution in [3.63, 3.8) is 0 Å². The zero-order chi connectivity index (χ0) is 14.5. The van der Waals surface area contributed by atoms with Crippen LogP contribution in [0.2, 0.25) is 5.02 Å². The Hall–Kier alpha value is -0.530. The van der Waals surface area contributed by atoms with Crippen molar-refractivity contribution in [3.05, 3.63) is 26.8 Å². The number of halogens is 2. The standard InChI is InChI=1S/C13H18ClIN2O2/c1-3-6-13(2,8-18)17-12(19)16-11-5-4-9(14)7-10(11)15/h4-5,7,18H,3,6,8H2,1-2H3,(H2,16,17,19)/t13-/m0/s1. The van der Waals surface area contributed by atoms with Crippen LogP contribution in [-0.4, -0.2) is 23.3 Å². The molecule has 0 radical (unpaired) electrons. The predicted octanol–water partition coefficient (Wildman–Crippen LogP) is 3.62. The summed E-state index contributed by atoms with van der Waals surface area (Å²) in [5.74, 6) is 0. The van der Waals surface area contributed by atoms with Gasteiger partial charge in [0.05, 0.1) is 17.8 Å². The first-order valence-electron chi connectivity index (χ1n) is 6.05. The van der Waals surface area contributed by atoms with E-state index in [4.69, 9.17) is 11.6 Å². The number of benzene rings is 1. The maximum Gasteiger partial charge on any atom is 0.319 e. The maximum atomic E-state index is 11.9. The third-order valence-electron chi connectivity index (χ3n) is 2.75. The lowest BCUT2D eigenvalue weighted by Gasteiger charge is -2.28. The quantitative estimate of drug-likeness (QED) is 0.666. The molecule has 0 heterocycles. The number of anilines is 1. The molecule has 1 atom stereocenters. The number of aliphatic hydroxyl groups is 1. The lowest BCUT2D eigenvalue weighted by atomic mass is 9.98. The predicted molar refractivity (Wildman–Crippen MR) is 86.7 cm³/mol. The highest BCUT2D eigenvalue weighted by molar-refractivity contribution is 14.1. The number of aliphatic hydroxyl groups excluding tert-OH is 1. The molecule has 0 saturated heterocycles. The Morgan fingerprint density at radius 1 is 1.53 bits per heavy atom. The van der Waals surface area contributed by atoms with E-state index in [1.54, 1.807) is 18.2 Å². The molecule has 106 valence electrons. The van der Waals surface area contributed by atoms with Crippen LogP contribution in [0.4, 0.5) is 10.5 Å². The van der Waals surface area contributed by atoms with E-state index in [0.717, 1.165) is 9.99 Å². The van der Waals surface area contributed by atoms with E-state index in [0.29, 0.717) is 17.1 Å². The minimum absolute atomic E-state index is 0.0913. The summed E-state index contributed by atoms with van der Waals surface area (Å²) < 4.78 is 0.862. The number of hydrogen-bond acceptors (Lipinski definition) is 2. The zero-order valence-corrected chi connectivity index (χ0v) is 13.9. The second kappa shape index (κ2) is 7.31. The molecule has 19 heavy (non-hydrogen) atoms. The number of rotatable bonds is 5. The van der Waals surface area contributed by atoms with E-state index in [2.05, 4.69) is 33.2 Å². The summed E-state index contributed by atoms with van der Waals surface area (Å²) in [7, 11) is 0. The number of urea groups is 1. The van der Waals surface area contributed by atoms with Gasteiger partial charge in [0.25, 0.3) is 0 Å². The van der Waals surface area contributed by atoms with Crippen molar-refractivity contribution >= 4 is 45.9 Å². The third-order valence-corrected chi connectivity index (χ3v) is 3.87. The van der Waals surface area contributed by atoms with Crippen LogP contribution in [0, 0.1) is 3.57 Å². The first-order valence-corrected chi connectivity index (χ1v) is 7.51. The first-order chi connectivity index (χ1) is 8.90. The second-order valence-electron chi connectivity index (χ2n) is 4.67. The maximum absolute atomic E-state index is 11.9. The Labute approximate surface area is 132 Å². The van der Waals surface area contributed by atoms with Crippen LogP contribution in [0.1, 0.15) is 26.7 Å². The fraction of sp³-hybridized carbons (Fsp3) is 0.462. The van der Waals surface area contributed by atoms with Crippen LogP contribution in [-0.2, 0) is 0 Å². The van der Waals surface area contributed by atoms with Crippen molar-refractivity contribution in [3.8, 4) is 0 Å². The van der Waals surface area contributed by atoms with E-state index in [1.165, 1.54) is 0 Å². The highest BCUT2D eigenvalue weighted by Crippen LogP contribution is 2.22. The molecule has 0 spiro atoms. The van der Waals surface area contributed by atoms with Gasteiger partial charge >= 0.3 is 6.03 Å². The van der Waals surface area contributed by atoms with Crippen molar-refractivity contribution in [2.24, 2.45) is 0 Å². The van der Waals surface area contributed by atoms with Gasteiger partial charge in [0, 0.05) is 8.59 Å². The molecule has 0 bridgehead atoms.